The van der Waals surface area contributed by atoms with Crippen LogP contribution in [0, 0.1) is 0 Å². The number of amides is 1. The van der Waals surface area contributed by atoms with Crippen molar-refractivity contribution in [2.45, 2.75) is 32.7 Å². The molecular formula is C14H19NO3. The summed E-state index contributed by atoms with van der Waals surface area (Å²) in [5.74, 6) is -1.80. The van der Waals surface area contributed by atoms with Crippen LogP contribution in [0.1, 0.15) is 37.3 Å². The highest BCUT2D eigenvalue weighted by Gasteiger charge is 2.16. The average Bonchev–Trinajstić information content (AvgIpc) is 2.37. The van der Waals surface area contributed by atoms with E-state index in [9.17, 15) is 9.59 Å². The molecule has 1 amide bonds. The zero-order valence-corrected chi connectivity index (χ0v) is 11.0. The number of carbonyl (C=O) groups is 2. The van der Waals surface area contributed by atoms with Crippen molar-refractivity contribution in [3.63, 3.8) is 0 Å². The average molecular weight is 249 g/mol. The van der Waals surface area contributed by atoms with Gasteiger partial charge in [0, 0.05) is 13.6 Å². The van der Waals surface area contributed by atoms with Crippen molar-refractivity contribution in [3.05, 3.63) is 35.4 Å². The van der Waals surface area contributed by atoms with Crippen LogP contribution in [0.4, 0.5) is 0 Å². The Morgan fingerprint density at radius 3 is 2.28 bits per heavy atom. The molecule has 18 heavy (non-hydrogen) atoms. The van der Waals surface area contributed by atoms with Crippen LogP contribution in [-0.2, 0) is 16.1 Å². The number of hydrogen-bond acceptors (Lipinski definition) is 2. The molecule has 0 heterocycles. The van der Waals surface area contributed by atoms with Gasteiger partial charge in [0.2, 0.25) is 0 Å². The van der Waals surface area contributed by atoms with E-state index < -0.39 is 11.9 Å². The van der Waals surface area contributed by atoms with E-state index in [-0.39, 0.29) is 0 Å². The van der Waals surface area contributed by atoms with Gasteiger partial charge in [0.05, 0.1) is 0 Å². The maximum atomic E-state index is 11.2. The first-order valence-electron chi connectivity index (χ1n) is 6.03. The molecular weight excluding hydrogens is 230 g/mol. The number of nitrogens with zero attached hydrogens (tertiary/aromatic N) is 1. The molecule has 0 saturated carbocycles. The molecule has 0 spiro atoms. The highest BCUT2D eigenvalue weighted by Crippen LogP contribution is 2.19. The van der Waals surface area contributed by atoms with Crippen LogP contribution < -0.4 is 0 Å². The molecule has 0 radical (unpaired) electrons. The topological polar surface area (TPSA) is 57.6 Å². The first kappa shape index (κ1) is 14.2. The minimum absolute atomic E-state index is 0.311. The normalized spacial score (nSPS) is 11.9. The summed E-state index contributed by atoms with van der Waals surface area (Å²) in [6, 6.07) is 7.94. The van der Waals surface area contributed by atoms with Gasteiger partial charge in [0.25, 0.3) is 0 Å². The fraction of sp³-hybridized carbons (Fsp3) is 0.429. The number of aliphatic carboxylic acids is 1. The third-order valence-electron chi connectivity index (χ3n) is 3.11. The summed E-state index contributed by atoms with van der Waals surface area (Å²) in [5.41, 5.74) is 2.19. The van der Waals surface area contributed by atoms with Crippen LogP contribution in [0.2, 0.25) is 0 Å². The van der Waals surface area contributed by atoms with E-state index in [0.29, 0.717) is 12.5 Å². The highest BCUT2D eigenvalue weighted by molar-refractivity contribution is 6.31. The maximum Gasteiger partial charge on any atom is 0.394 e. The van der Waals surface area contributed by atoms with Crippen molar-refractivity contribution in [2.24, 2.45) is 0 Å². The Balaban J connectivity index is 2.69. The van der Waals surface area contributed by atoms with Crippen LogP contribution in [0.25, 0.3) is 0 Å². The second-order valence-electron chi connectivity index (χ2n) is 4.52. The second kappa shape index (κ2) is 6.19. The smallest absolute Gasteiger partial charge is 0.394 e. The van der Waals surface area contributed by atoms with Gasteiger partial charge in [-0.3, -0.25) is 4.79 Å². The molecule has 1 N–H and O–H groups in total. The van der Waals surface area contributed by atoms with E-state index >= 15 is 0 Å². The van der Waals surface area contributed by atoms with Gasteiger partial charge in [-0.05, 0) is 23.5 Å². The lowest BCUT2D eigenvalue weighted by Gasteiger charge is -2.15. The lowest BCUT2D eigenvalue weighted by Crippen LogP contribution is -2.32. The van der Waals surface area contributed by atoms with E-state index in [2.05, 4.69) is 13.8 Å². The Labute approximate surface area is 107 Å². The summed E-state index contributed by atoms with van der Waals surface area (Å²) in [6.07, 6.45) is 1.08. The van der Waals surface area contributed by atoms with E-state index in [1.807, 2.05) is 24.3 Å². The molecule has 0 fully saturated rings. The zero-order valence-electron chi connectivity index (χ0n) is 11.0. The fourth-order valence-electron chi connectivity index (χ4n) is 1.70. The molecule has 0 aliphatic heterocycles. The number of rotatable bonds is 4. The van der Waals surface area contributed by atoms with Crippen molar-refractivity contribution < 1.29 is 14.7 Å². The summed E-state index contributed by atoms with van der Waals surface area (Å²) in [7, 11) is 1.49. The molecule has 0 aliphatic carbocycles. The number of carbonyl (C=O) groups excluding carboxylic acids is 1. The molecule has 1 aromatic carbocycles. The molecule has 0 saturated heterocycles. The lowest BCUT2D eigenvalue weighted by atomic mass is 9.97. The molecule has 98 valence electrons. The van der Waals surface area contributed by atoms with Crippen LogP contribution >= 0.6 is 0 Å². The highest BCUT2D eigenvalue weighted by atomic mass is 16.4. The molecule has 4 nitrogen and oxygen atoms in total. The summed E-state index contributed by atoms with van der Waals surface area (Å²) in [5, 5.41) is 8.59. The SMILES string of the molecule is CCC(C)c1ccc(CN(C)C(=O)C(=O)O)cc1. The summed E-state index contributed by atoms with van der Waals surface area (Å²) in [6.45, 7) is 4.61. The predicted octanol–water partition coefficient (Wildman–Crippen LogP) is 2.24. The minimum Gasteiger partial charge on any atom is -0.474 e. The van der Waals surface area contributed by atoms with Crippen molar-refractivity contribution in [1.29, 1.82) is 0 Å². The summed E-state index contributed by atoms with van der Waals surface area (Å²) in [4.78, 5) is 22.9. The van der Waals surface area contributed by atoms with Crippen LogP contribution in [0.5, 0.6) is 0 Å². The number of carboxylic acid groups (broad SMARTS) is 1. The second-order valence-corrected chi connectivity index (χ2v) is 4.52. The maximum absolute atomic E-state index is 11.2. The van der Waals surface area contributed by atoms with Gasteiger partial charge in [-0.15, -0.1) is 0 Å². The Morgan fingerprint density at radius 2 is 1.83 bits per heavy atom. The molecule has 1 aromatic rings. The number of hydrogen-bond donors (Lipinski definition) is 1. The molecule has 1 unspecified atom stereocenters. The quantitative estimate of drug-likeness (QED) is 0.832. The van der Waals surface area contributed by atoms with Gasteiger partial charge in [0.15, 0.2) is 0 Å². The predicted molar refractivity (Wildman–Crippen MR) is 69.3 cm³/mol. The van der Waals surface area contributed by atoms with Crippen LogP contribution in [0.3, 0.4) is 0 Å². The summed E-state index contributed by atoms with van der Waals surface area (Å²) >= 11 is 0. The lowest BCUT2D eigenvalue weighted by molar-refractivity contribution is -0.155. The minimum atomic E-state index is -1.42. The molecule has 0 bridgehead atoms. The summed E-state index contributed by atoms with van der Waals surface area (Å²) < 4.78 is 0. The van der Waals surface area contributed by atoms with Crippen molar-refractivity contribution >= 4 is 11.9 Å². The van der Waals surface area contributed by atoms with Gasteiger partial charge in [-0.1, -0.05) is 38.1 Å². The molecule has 4 heteroatoms. The Morgan fingerprint density at radius 1 is 1.28 bits per heavy atom. The van der Waals surface area contributed by atoms with E-state index in [1.54, 1.807) is 0 Å². The number of likely N-dealkylation sites (N-methyl/N-ethyl adjacent to an activating group) is 1. The third kappa shape index (κ3) is 3.58. The van der Waals surface area contributed by atoms with Gasteiger partial charge in [-0.2, -0.15) is 0 Å². The van der Waals surface area contributed by atoms with Gasteiger partial charge in [0.1, 0.15) is 0 Å². The number of benzene rings is 1. The molecule has 1 atom stereocenters. The largest absolute Gasteiger partial charge is 0.474 e. The van der Waals surface area contributed by atoms with Gasteiger partial charge >= 0.3 is 11.9 Å². The zero-order chi connectivity index (χ0) is 13.7. The monoisotopic (exact) mass is 249 g/mol. The molecule has 0 aromatic heterocycles. The Bertz CT molecular complexity index is 425. The van der Waals surface area contributed by atoms with Crippen molar-refractivity contribution in [3.8, 4) is 0 Å². The van der Waals surface area contributed by atoms with Gasteiger partial charge in [-0.25, -0.2) is 4.79 Å². The number of carboxylic acids is 1. The first-order chi connectivity index (χ1) is 8.45. The fourth-order valence-corrected chi connectivity index (χ4v) is 1.70. The molecule has 0 aliphatic rings. The Kier molecular flexibility index (Phi) is 4.89. The molecule has 1 rings (SSSR count). The third-order valence-corrected chi connectivity index (χ3v) is 3.11. The van der Waals surface area contributed by atoms with E-state index in [1.165, 1.54) is 17.5 Å². The van der Waals surface area contributed by atoms with Crippen molar-refractivity contribution in [1.82, 2.24) is 4.90 Å². The Hall–Kier alpha value is -1.84. The standard InChI is InChI=1S/C14H19NO3/c1-4-10(2)12-7-5-11(6-8-12)9-15(3)13(16)14(17)18/h5-8,10H,4,9H2,1-3H3,(H,17,18). The van der Waals surface area contributed by atoms with Gasteiger partial charge < -0.3 is 10.0 Å². The van der Waals surface area contributed by atoms with Crippen molar-refractivity contribution in [2.75, 3.05) is 7.05 Å². The van der Waals surface area contributed by atoms with E-state index in [0.717, 1.165) is 12.0 Å². The first-order valence-corrected chi connectivity index (χ1v) is 6.03. The van der Waals surface area contributed by atoms with Crippen LogP contribution in [-0.4, -0.2) is 28.9 Å². The van der Waals surface area contributed by atoms with Crippen LogP contribution in [0.15, 0.2) is 24.3 Å². The van der Waals surface area contributed by atoms with E-state index in [4.69, 9.17) is 5.11 Å².